The Hall–Kier alpha value is -1.22. The lowest BCUT2D eigenvalue weighted by Crippen LogP contribution is -2.43. The van der Waals surface area contributed by atoms with Crippen LogP contribution in [0.4, 0.5) is 18.0 Å². The lowest BCUT2D eigenvalue weighted by molar-refractivity contribution is -0.169. The number of alkyl halides is 3. The Morgan fingerprint density at radius 3 is 2.48 bits per heavy atom. The van der Waals surface area contributed by atoms with E-state index in [-0.39, 0.29) is 11.6 Å². The van der Waals surface area contributed by atoms with Crippen molar-refractivity contribution >= 4 is 29.7 Å². The van der Waals surface area contributed by atoms with Gasteiger partial charge in [-0.3, -0.25) is 0 Å². The largest absolute Gasteiger partial charge is 0.508 e. The number of carbonyl (C=O) groups excluding carboxylic acids is 1. The van der Waals surface area contributed by atoms with Crippen LogP contribution in [0.3, 0.4) is 0 Å². The molecule has 0 spiro atoms. The van der Waals surface area contributed by atoms with Crippen LogP contribution in [-0.2, 0) is 9.47 Å². The second kappa shape index (κ2) is 8.44. The van der Waals surface area contributed by atoms with Crippen LogP contribution < -0.4 is 10.4 Å². The fraction of sp³-hybridized carbons (Fsp3) is 0.800. The molecule has 0 aromatic carbocycles. The molecule has 2 N–H and O–H groups in total. The van der Waals surface area contributed by atoms with Crippen molar-refractivity contribution in [3.63, 3.8) is 0 Å². The second-order valence-corrected chi connectivity index (χ2v) is 7.96. The zero-order valence-electron chi connectivity index (χ0n) is 14.8. The van der Waals surface area contributed by atoms with Gasteiger partial charge in [-0.1, -0.05) is 0 Å². The minimum atomic E-state index is -4.33. The van der Waals surface area contributed by atoms with E-state index in [1.807, 2.05) is 0 Å². The number of carbonyl (C=O) groups is 1. The van der Waals surface area contributed by atoms with Gasteiger partial charge in [0.25, 0.3) is 0 Å². The van der Waals surface area contributed by atoms with E-state index in [2.05, 4.69) is 11.4 Å². The van der Waals surface area contributed by atoms with Gasteiger partial charge in [0.1, 0.15) is 11.0 Å². The topological polar surface area (TPSA) is 78.9 Å². The van der Waals surface area contributed by atoms with Crippen LogP contribution in [-0.4, -0.2) is 59.3 Å². The van der Waals surface area contributed by atoms with Gasteiger partial charge in [0, 0.05) is 17.8 Å². The van der Waals surface area contributed by atoms with E-state index in [0.717, 1.165) is 16.7 Å². The molecule has 0 radical (unpaired) electrons. The highest BCUT2D eigenvalue weighted by atomic mass is 32.2. The first-order valence-electron chi connectivity index (χ1n) is 7.75. The summed E-state index contributed by atoms with van der Waals surface area (Å²) in [4.78, 5) is 13.2. The van der Waals surface area contributed by atoms with Crippen molar-refractivity contribution < 1.29 is 27.4 Å². The van der Waals surface area contributed by atoms with Crippen molar-refractivity contribution in [2.24, 2.45) is 5.73 Å². The number of amidine groups is 1. The number of hydrogen-bond donors (Lipinski definition) is 1. The second-order valence-electron chi connectivity index (χ2n) is 6.84. The monoisotopic (exact) mass is 384 g/mol. The van der Waals surface area contributed by atoms with Gasteiger partial charge in [0.15, 0.2) is 6.72 Å². The minimum absolute atomic E-state index is 0.134. The summed E-state index contributed by atoms with van der Waals surface area (Å²) >= 11 is 1.00. The first kappa shape index (κ1) is 21.8. The summed E-state index contributed by atoms with van der Waals surface area (Å²) in [5.41, 5.74) is 4.51. The van der Waals surface area contributed by atoms with Crippen LogP contribution in [0.25, 0.3) is 0 Å². The molecule has 1 aliphatic heterocycles. The number of nitrogens with zero attached hydrogens (tertiary/aromatic N) is 2. The normalized spacial score (nSPS) is 24.4. The molecule has 0 aromatic heterocycles. The Morgan fingerprint density at radius 2 is 2.00 bits per heavy atom. The Bertz CT molecular complexity index is 530. The van der Waals surface area contributed by atoms with E-state index in [1.54, 1.807) is 20.8 Å². The maximum absolute atomic E-state index is 12.6. The van der Waals surface area contributed by atoms with E-state index >= 15 is 0 Å². The maximum atomic E-state index is 12.6. The van der Waals surface area contributed by atoms with Crippen LogP contribution >= 0.6 is 11.8 Å². The quantitative estimate of drug-likeness (QED) is 0.450. The lowest BCUT2D eigenvalue weighted by atomic mass is 10.0. The van der Waals surface area contributed by atoms with E-state index in [1.165, 1.54) is 7.05 Å². The maximum Gasteiger partial charge on any atom is 0.508 e. The van der Waals surface area contributed by atoms with E-state index in [9.17, 15) is 18.0 Å². The van der Waals surface area contributed by atoms with Gasteiger partial charge in [-0.25, -0.2) is 4.67 Å². The first-order chi connectivity index (χ1) is 11.3. The minimum Gasteiger partial charge on any atom is -0.425 e. The predicted molar refractivity (Wildman–Crippen MR) is 92.4 cm³/mol. The van der Waals surface area contributed by atoms with Crippen molar-refractivity contribution in [3.05, 3.63) is 0 Å². The molecule has 144 valence electrons. The number of thioether (sulfide) groups is 1. The van der Waals surface area contributed by atoms with Crippen LogP contribution in [0.1, 0.15) is 40.0 Å². The van der Waals surface area contributed by atoms with Gasteiger partial charge in [0.2, 0.25) is 0 Å². The SMILES string of the molecule is C=[N+]=C(SC1CC(N)CC(CC(F)(F)F)O1)N(C)C(=O)OC(C)(C)C. The number of amides is 1. The van der Waals surface area contributed by atoms with Crippen molar-refractivity contribution in [2.45, 2.75) is 69.4 Å². The molecular weight excluding hydrogens is 359 g/mol. The summed E-state index contributed by atoms with van der Waals surface area (Å²) in [5, 5.41) is 0.180. The van der Waals surface area contributed by atoms with Gasteiger partial charge >= 0.3 is 17.4 Å². The molecule has 10 heteroatoms. The molecule has 0 aromatic rings. The third-order valence-electron chi connectivity index (χ3n) is 3.19. The molecular formula is C15H25F3N3O3S+. The number of ether oxygens (including phenoxy) is 2. The van der Waals surface area contributed by atoms with E-state index in [0.29, 0.717) is 6.42 Å². The Kier molecular flexibility index (Phi) is 7.37. The van der Waals surface area contributed by atoms with Crippen LogP contribution in [0.2, 0.25) is 0 Å². The fourth-order valence-electron chi connectivity index (χ4n) is 2.22. The summed E-state index contributed by atoms with van der Waals surface area (Å²) < 4.78 is 52.2. The standard InChI is InChI=1S/C15H25F3N3O3S/c1-14(2,3)24-13(22)21(5)12(20-4)25-11-7-9(19)6-10(23-11)8-15(16,17)18/h9-11H,4,6-8,19H2,1-3,5H3/q+1. The summed E-state index contributed by atoms with van der Waals surface area (Å²) in [6.45, 7) is 8.56. The zero-order valence-corrected chi connectivity index (χ0v) is 15.6. The van der Waals surface area contributed by atoms with Gasteiger partial charge < -0.3 is 15.2 Å². The summed E-state index contributed by atoms with van der Waals surface area (Å²) in [6, 6.07) is -0.420. The highest BCUT2D eigenvalue weighted by Gasteiger charge is 2.40. The molecule has 0 bridgehead atoms. The molecule has 1 amide bonds. The third-order valence-corrected chi connectivity index (χ3v) is 4.37. The molecule has 1 heterocycles. The first-order valence-corrected chi connectivity index (χ1v) is 8.63. The lowest BCUT2D eigenvalue weighted by Gasteiger charge is -2.33. The Morgan fingerprint density at radius 1 is 1.40 bits per heavy atom. The van der Waals surface area contributed by atoms with Crippen LogP contribution in [0, 0.1) is 0 Å². The van der Waals surface area contributed by atoms with E-state index in [4.69, 9.17) is 15.2 Å². The molecule has 3 unspecified atom stereocenters. The van der Waals surface area contributed by atoms with Gasteiger partial charge in [-0.2, -0.15) is 18.0 Å². The summed E-state index contributed by atoms with van der Waals surface area (Å²) in [7, 11) is 1.45. The average Bonchev–Trinajstić information content (AvgIpc) is 2.39. The molecule has 6 nitrogen and oxygen atoms in total. The van der Waals surface area contributed by atoms with Gasteiger partial charge in [-0.05, 0) is 33.6 Å². The molecule has 0 aliphatic carbocycles. The fourth-order valence-corrected chi connectivity index (χ4v) is 3.32. The molecule has 3 atom stereocenters. The molecule has 1 saturated heterocycles. The molecule has 25 heavy (non-hydrogen) atoms. The Balaban J connectivity index is 2.73. The van der Waals surface area contributed by atoms with Crippen molar-refractivity contribution in [2.75, 3.05) is 7.05 Å². The number of nitrogens with two attached hydrogens (primary N) is 1. The Labute approximate surface area is 149 Å². The smallest absolute Gasteiger partial charge is 0.425 e. The molecule has 1 aliphatic rings. The van der Waals surface area contributed by atoms with E-state index < -0.39 is 41.9 Å². The number of hydrogen-bond acceptors (Lipinski definition) is 5. The van der Waals surface area contributed by atoms with Gasteiger partial charge in [-0.15, -0.1) is 4.90 Å². The molecule has 1 fully saturated rings. The average molecular weight is 384 g/mol. The van der Waals surface area contributed by atoms with Crippen LogP contribution in [0.5, 0.6) is 0 Å². The van der Waals surface area contributed by atoms with Crippen molar-refractivity contribution in [1.82, 2.24) is 9.57 Å². The van der Waals surface area contributed by atoms with Crippen molar-refractivity contribution in [3.8, 4) is 0 Å². The summed E-state index contributed by atoms with van der Waals surface area (Å²) in [5.74, 6) is 0. The summed E-state index contributed by atoms with van der Waals surface area (Å²) in [6.07, 6.45) is -6.56. The van der Waals surface area contributed by atoms with Gasteiger partial charge in [0.05, 0.1) is 19.6 Å². The van der Waals surface area contributed by atoms with Crippen molar-refractivity contribution in [1.29, 1.82) is 0 Å². The molecule has 1 rings (SSSR count). The third kappa shape index (κ3) is 8.13. The number of rotatable bonds is 2. The molecule has 0 saturated carbocycles. The zero-order chi connectivity index (χ0) is 19.4. The number of halogens is 3. The predicted octanol–water partition coefficient (Wildman–Crippen LogP) is 2.50. The highest BCUT2D eigenvalue weighted by molar-refractivity contribution is 8.14. The highest BCUT2D eigenvalue weighted by Crippen LogP contribution is 2.33. The van der Waals surface area contributed by atoms with Crippen LogP contribution in [0.15, 0.2) is 0 Å².